The van der Waals surface area contributed by atoms with E-state index in [-0.39, 0.29) is 10.9 Å². The highest BCUT2D eigenvalue weighted by Gasteiger charge is 2.36. The molecule has 0 aliphatic heterocycles. The van der Waals surface area contributed by atoms with Crippen LogP contribution in [-0.4, -0.2) is 14.8 Å². The van der Waals surface area contributed by atoms with E-state index >= 15 is 0 Å². The number of nitrogens with zero attached hydrogens (tertiary/aromatic N) is 2. The smallest absolute Gasteiger partial charge is 0.327 e. The van der Waals surface area contributed by atoms with Crippen LogP contribution in [0.1, 0.15) is 5.69 Å². The highest BCUT2D eigenvalue weighted by Crippen LogP contribution is 2.32. The van der Waals surface area contributed by atoms with Crippen molar-refractivity contribution in [3.05, 3.63) is 28.3 Å². The first-order valence-electron chi connectivity index (χ1n) is 4.03. The maximum atomic E-state index is 12.5. The summed E-state index contributed by atoms with van der Waals surface area (Å²) < 4.78 is 38.4. The molecule has 2 aromatic rings. The molecule has 2 rings (SSSR count). The first-order valence-corrected chi connectivity index (χ1v) is 4.03. The molecule has 0 aromatic carbocycles. The van der Waals surface area contributed by atoms with E-state index in [4.69, 9.17) is 0 Å². The van der Waals surface area contributed by atoms with Gasteiger partial charge in [0.25, 0.3) is 5.56 Å². The number of aromatic nitrogens is 3. The molecule has 7 heteroatoms. The lowest BCUT2D eigenvalue weighted by molar-refractivity contribution is -0.140. The third-order valence-corrected chi connectivity index (χ3v) is 2.03. The molecule has 0 fully saturated rings. The van der Waals surface area contributed by atoms with Crippen molar-refractivity contribution in [1.82, 2.24) is 14.8 Å². The number of aryl methyl sites for hydroxylation is 1. The maximum absolute atomic E-state index is 12.5. The fourth-order valence-electron chi connectivity index (χ4n) is 1.45. The summed E-state index contributed by atoms with van der Waals surface area (Å²) in [6.45, 7) is 0. The van der Waals surface area contributed by atoms with Crippen molar-refractivity contribution in [2.24, 2.45) is 7.05 Å². The number of alkyl halides is 3. The summed E-state index contributed by atoms with van der Waals surface area (Å²) in [5.74, 6) is 0. The Morgan fingerprint density at radius 2 is 2.13 bits per heavy atom. The molecule has 0 spiro atoms. The lowest BCUT2D eigenvalue weighted by Gasteiger charge is -2.00. The Kier molecular flexibility index (Phi) is 1.85. The van der Waals surface area contributed by atoms with Gasteiger partial charge in [0, 0.05) is 18.6 Å². The zero-order chi connectivity index (χ0) is 11.2. The van der Waals surface area contributed by atoms with Crippen molar-refractivity contribution in [3.8, 4) is 0 Å². The van der Waals surface area contributed by atoms with Crippen molar-refractivity contribution in [3.63, 3.8) is 0 Å². The molecule has 0 saturated heterocycles. The Labute approximate surface area is 81.3 Å². The third-order valence-electron chi connectivity index (χ3n) is 2.03. The van der Waals surface area contributed by atoms with E-state index in [0.717, 1.165) is 4.68 Å². The second kappa shape index (κ2) is 2.85. The van der Waals surface area contributed by atoms with Crippen LogP contribution in [0.25, 0.3) is 10.9 Å². The number of H-pyrrole nitrogens is 1. The minimum atomic E-state index is -4.55. The fraction of sp³-hybridized carbons (Fsp3) is 0.250. The van der Waals surface area contributed by atoms with E-state index in [1.807, 2.05) is 0 Å². The lowest BCUT2D eigenvalue weighted by atomic mass is 10.2. The van der Waals surface area contributed by atoms with Crippen molar-refractivity contribution in [2.45, 2.75) is 6.18 Å². The van der Waals surface area contributed by atoms with E-state index in [1.54, 1.807) is 0 Å². The molecule has 0 atom stereocenters. The number of pyridine rings is 1. The first kappa shape index (κ1) is 9.75. The summed E-state index contributed by atoms with van der Waals surface area (Å²) in [4.78, 5) is 13.6. The summed E-state index contributed by atoms with van der Waals surface area (Å²) in [7, 11) is 1.30. The van der Waals surface area contributed by atoms with E-state index in [9.17, 15) is 18.0 Å². The molecule has 1 N–H and O–H groups in total. The van der Waals surface area contributed by atoms with Gasteiger partial charge in [0.2, 0.25) is 0 Å². The molecule has 0 amide bonds. The maximum Gasteiger partial charge on any atom is 0.435 e. The van der Waals surface area contributed by atoms with Crippen molar-refractivity contribution >= 4 is 10.9 Å². The van der Waals surface area contributed by atoms with E-state index in [0.29, 0.717) is 0 Å². The van der Waals surface area contributed by atoms with Gasteiger partial charge in [-0.25, -0.2) is 0 Å². The zero-order valence-electron chi connectivity index (χ0n) is 7.59. The fourth-order valence-corrected chi connectivity index (χ4v) is 1.45. The zero-order valence-corrected chi connectivity index (χ0v) is 7.59. The second-order valence-corrected chi connectivity index (χ2v) is 3.04. The Bertz CT molecular complexity index is 566. The van der Waals surface area contributed by atoms with Gasteiger partial charge in [-0.3, -0.25) is 9.48 Å². The normalized spacial score (nSPS) is 12.3. The van der Waals surface area contributed by atoms with Crippen LogP contribution >= 0.6 is 0 Å². The quantitative estimate of drug-likeness (QED) is 0.722. The molecule has 80 valence electrons. The second-order valence-electron chi connectivity index (χ2n) is 3.04. The summed E-state index contributed by atoms with van der Waals surface area (Å²) in [5.41, 5.74) is -1.70. The predicted molar refractivity (Wildman–Crippen MR) is 46.3 cm³/mol. The minimum absolute atomic E-state index is 0.0789. The van der Waals surface area contributed by atoms with Crippen LogP contribution in [0, 0.1) is 0 Å². The number of aromatic amines is 1. The SMILES string of the molecule is Cn1nc(C(F)(F)F)c2cc[nH]c(=O)c21. The van der Waals surface area contributed by atoms with Gasteiger partial charge in [-0.2, -0.15) is 18.3 Å². The lowest BCUT2D eigenvalue weighted by Crippen LogP contribution is -2.08. The first-order chi connectivity index (χ1) is 6.91. The topological polar surface area (TPSA) is 50.7 Å². The molecule has 0 saturated carbocycles. The third kappa shape index (κ3) is 1.39. The van der Waals surface area contributed by atoms with Crippen LogP contribution in [0.5, 0.6) is 0 Å². The number of hydrogen-bond donors (Lipinski definition) is 1. The molecule has 0 bridgehead atoms. The number of hydrogen-bond acceptors (Lipinski definition) is 2. The van der Waals surface area contributed by atoms with Gasteiger partial charge in [-0.1, -0.05) is 0 Å². The molecular formula is C8H6F3N3O. The van der Waals surface area contributed by atoms with Crippen molar-refractivity contribution < 1.29 is 13.2 Å². The van der Waals surface area contributed by atoms with Crippen LogP contribution in [0.2, 0.25) is 0 Å². The summed E-state index contributed by atoms with van der Waals surface area (Å²) in [5, 5.41) is 3.11. The molecule has 15 heavy (non-hydrogen) atoms. The Balaban J connectivity index is 2.92. The average molecular weight is 217 g/mol. The van der Waals surface area contributed by atoms with Gasteiger partial charge in [0.1, 0.15) is 5.52 Å². The molecule has 2 heterocycles. The van der Waals surface area contributed by atoms with Crippen LogP contribution < -0.4 is 5.56 Å². The summed E-state index contributed by atoms with van der Waals surface area (Å²) in [6, 6.07) is 1.19. The molecule has 0 radical (unpaired) electrons. The Morgan fingerprint density at radius 3 is 2.73 bits per heavy atom. The Hall–Kier alpha value is -1.79. The number of halogens is 3. The van der Waals surface area contributed by atoms with Crippen LogP contribution in [0.4, 0.5) is 13.2 Å². The van der Waals surface area contributed by atoms with Crippen molar-refractivity contribution in [1.29, 1.82) is 0 Å². The van der Waals surface area contributed by atoms with Crippen LogP contribution in [0.3, 0.4) is 0 Å². The van der Waals surface area contributed by atoms with Gasteiger partial charge in [0.15, 0.2) is 5.69 Å². The molecule has 2 aromatic heterocycles. The van der Waals surface area contributed by atoms with Crippen LogP contribution in [0.15, 0.2) is 17.1 Å². The summed E-state index contributed by atoms with van der Waals surface area (Å²) >= 11 is 0. The van der Waals surface area contributed by atoms with Gasteiger partial charge >= 0.3 is 6.18 Å². The van der Waals surface area contributed by atoms with Gasteiger partial charge in [0.05, 0.1) is 0 Å². The van der Waals surface area contributed by atoms with Crippen molar-refractivity contribution in [2.75, 3.05) is 0 Å². The van der Waals surface area contributed by atoms with Gasteiger partial charge < -0.3 is 4.98 Å². The largest absolute Gasteiger partial charge is 0.435 e. The summed E-state index contributed by atoms with van der Waals surface area (Å²) in [6.07, 6.45) is -3.38. The predicted octanol–water partition coefficient (Wildman–Crippen LogP) is 1.28. The number of fused-ring (bicyclic) bond motifs is 1. The molecule has 0 unspecified atom stereocenters. The van der Waals surface area contributed by atoms with E-state index in [2.05, 4.69) is 10.1 Å². The highest BCUT2D eigenvalue weighted by atomic mass is 19.4. The van der Waals surface area contributed by atoms with Crippen LogP contribution in [-0.2, 0) is 13.2 Å². The number of nitrogens with one attached hydrogen (secondary N) is 1. The monoisotopic (exact) mass is 217 g/mol. The minimum Gasteiger partial charge on any atom is -0.327 e. The Morgan fingerprint density at radius 1 is 1.47 bits per heavy atom. The van der Waals surface area contributed by atoms with Gasteiger partial charge in [-0.15, -0.1) is 0 Å². The van der Waals surface area contributed by atoms with E-state index in [1.165, 1.54) is 19.3 Å². The molecule has 0 aliphatic rings. The molecular weight excluding hydrogens is 211 g/mol. The van der Waals surface area contributed by atoms with Gasteiger partial charge in [-0.05, 0) is 6.07 Å². The molecule has 0 aliphatic carbocycles. The standard InChI is InChI=1S/C8H6F3N3O/c1-14-5-4(2-3-12-7(5)15)6(13-14)8(9,10)11/h2-3H,1H3,(H,12,15). The highest BCUT2D eigenvalue weighted by molar-refractivity contribution is 5.81. The number of rotatable bonds is 0. The average Bonchev–Trinajstić information content (AvgIpc) is 2.44. The van der Waals surface area contributed by atoms with E-state index < -0.39 is 17.4 Å². The molecule has 4 nitrogen and oxygen atoms in total.